The molecule has 0 radical (unpaired) electrons. The molecule has 1 N–H and O–H groups in total. The number of rotatable bonds is 3. The largest absolute Gasteiger partial charge is 0.481 e. The van der Waals surface area contributed by atoms with Crippen LogP contribution in [0.3, 0.4) is 0 Å². The molecule has 0 saturated heterocycles. The molecule has 0 aliphatic carbocycles. The molecule has 88 valence electrons. The lowest BCUT2D eigenvalue weighted by molar-refractivity contribution is -0.136. The van der Waals surface area contributed by atoms with E-state index in [2.05, 4.69) is 4.98 Å². The monoisotopic (exact) mass is 233 g/mol. The summed E-state index contributed by atoms with van der Waals surface area (Å²) < 4.78 is 13.6. The van der Waals surface area contributed by atoms with Gasteiger partial charge >= 0.3 is 5.97 Å². The number of hydrogen-bond acceptors (Lipinski definition) is 2. The van der Waals surface area contributed by atoms with Crippen LogP contribution in [0.1, 0.15) is 17.7 Å². The van der Waals surface area contributed by atoms with Crippen molar-refractivity contribution in [3.05, 3.63) is 41.3 Å². The second-order valence-corrected chi connectivity index (χ2v) is 3.96. The van der Waals surface area contributed by atoms with Crippen molar-refractivity contribution < 1.29 is 14.3 Å². The molecule has 0 saturated carbocycles. The van der Waals surface area contributed by atoms with E-state index in [0.717, 1.165) is 10.9 Å². The van der Waals surface area contributed by atoms with Gasteiger partial charge in [-0.2, -0.15) is 0 Å². The van der Waals surface area contributed by atoms with Crippen molar-refractivity contribution in [2.24, 2.45) is 0 Å². The fraction of sp³-hybridized carbons (Fsp3) is 0.231. The predicted octanol–water partition coefficient (Wildman–Crippen LogP) is 2.70. The molecule has 1 aromatic carbocycles. The third-order valence-corrected chi connectivity index (χ3v) is 2.65. The maximum atomic E-state index is 13.6. The molecular formula is C13H12FNO2. The summed E-state index contributed by atoms with van der Waals surface area (Å²) in [6.07, 6.45) is 0.326. The van der Waals surface area contributed by atoms with E-state index in [9.17, 15) is 9.18 Å². The molecule has 4 heteroatoms. The van der Waals surface area contributed by atoms with Crippen LogP contribution >= 0.6 is 0 Å². The number of benzene rings is 1. The van der Waals surface area contributed by atoms with E-state index < -0.39 is 5.97 Å². The van der Waals surface area contributed by atoms with Gasteiger partial charge in [0.2, 0.25) is 0 Å². The van der Waals surface area contributed by atoms with E-state index in [4.69, 9.17) is 5.11 Å². The zero-order valence-electron chi connectivity index (χ0n) is 9.40. The molecular weight excluding hydrogens is 221 g/mol. The van der Waals surface area contributed by atoms with E-state index >= 15 is 0 Å². The van der Waals surface area contributed by atoms with E-state index in [0.29, 0.717) is 17.6 Å². The van der Waals surface area contributed by atoms with Crippen LogP contribution in [0.25, 0.3) is 10.9 Å². The molecule has 2 rings (SSSR count). The van der Waals surface area contributed by atoms with E-state index in [-0.39, 0.29) is 12.2 Å². The van der Waals surface area contributed by atoms with Gasteiger partial charge in [0.25, 0.3) is 0 Å². The number of fused-ring (bicyclic) bond motifs is 1. The quantitative estimate of drug-likeness (QED) is 0.886. The van der Waals surface area contributed by atoms with Crippen molar-refractivity contribution >= 4 is 16.9 Å². The van der Waals surface area contributed by atoms with E-state index in [1.165, 1.54) is 6.07 Å². The molecule has 0 aliphatic rings. The third kappa shape index (κ3) is 2.41. The summed E-state index contributed by atoms with van der Waals surface area (Å²) in [4.78, 5) is 14.7. The lowest BCUT2D eigenvalue weighted by Crippen LogP contribution is -2.00. The van der Waals surface area contributed by atoms with E-state index in [1.807, 2.05) is 19.1 Å². The Morgan fingerprint density at radius 2 is 2.24 bits per heavy atom. The van der Waals surface area contributed by atoms with Crippen LogP contribution in [-0.4, -0.2) is 16.1 Å². The lowest BCUT2D eigenvalue weighted by atomic mass is 10.1. The minimum atomic E-state index is -0.877. The average molecular weight is 233 g/mol. The highest BCUT2D eigenvalue weighted by Crippen LogP contribution is 2.20. The number of aromatic nitrogens is 1. The number of aryl methyl sites for hydroxylation is 2. The van der Waals surface area contributed by atoms with Crippen molar-refractivity contribution in [1.82, 2.24) is 4.98 Å². The zero-order valence-corrected chi connectivity index (χ0v) is 9.40. The summed E-state index contributed by atoms with van der Waals surface area (Å²) in [7, 11) is 0. The molecule has 0 unspecified atom stereocenters. The van der Waals surface area contributed by atoms with Crippen LogP contribution in [0, 0.1) is 12.7 Å². The number of carbonyl (C=O) groups is 1. The molecule has 1 aromatic heterocycles. The van der Waals surface area contributed by atoms with Gasteiger partial charge in [-0.25, -0.2) is 9.37 Å². The SMILES string of the molecule is Cc1cc(CCC(=O)O)nc2c(F)cccc12. The first-order chi connectivity index (χ1) is 8.08. The summed E-state index contributed by atoms with van der Waals surface area (Å²) in [5.41, 5.74) is 1.84. The van der Waals surface area contributed by atoms with Gasteiger partial charge in [-0.3, -0.25) is 4.79 Å². The van der Waals surface area contributed by atoms with Crippen LogP contribution in [0.2, 0.25) is 0 Å². The van der Waals surface area contributed by atoms with Gasteiger partial charge in [0, 0.05) is 17.5 Å². The van der Waals surface area contributed by atoms with Crippen molar-refractivity contribution in [3.8, 4) is 0 Å². The Balaban J connectivity index is 2.46. The third-order valence-electron chi connectivity index (χ3n) is 2.65. The minimum Gasteiger partial charge on any atom is -0.481 e. The van der Waals surface area contributed by atoms with Crippen molar-refractivity contribution in [1.29, 1.82) is 0 Å². The Morgan fingerprint density at radius 3 is 2.94 bits per heavy atom. The normalized spacial score (nSPS) is 10.7. The van der Waals surface area contributed by atoms with Crippen molar-refractivity contribution in [3.63, 3.8) is 0 Å². The summed E-state index contributed by atoms with van der Waals surface area (Å²) in [6.45, 7) is 1.87. The van der Waals surface area contributed by atoms with Gasteiger partial charge in [-0.05, 0) is 24.6 Å². The molecule has 0 amide bonds. The number of halogens is 1. The van der Waals surface area contributed by atoms with Crippen LogP contribution in [0.4, 0.5) is 4.39 Å². The smallest absolute Gasteiger partial charge is 0.303 e. The number of pyridine rings is 1. The van der Waals surface area contributed by atoms with Crippen LogP contribution in [-0.2, 0) is 11.2 Å². The fourth-order valence-corrected chi connectivity index (χ4v) is 1.81. The number of carboxylic acid groups (broad SMARTS) is 1. The van der Waals surface area contributed by atoms with Crippen molar-refractivity contribution in [2.45, 2.75) is 19.8 Å². The number of hydrogen-bond donors (Lipinski definition) is 1. The molecule has 0 spiro atoms. The van der Waals surface area contributed by atoms with Gasteiger partial charge in [0.05, 0.1) is 6.42 Å². The topological polar surface area (TPSA) is 50.2 Å². The molecule has 17 heavy (non-hydrogen) atoms. The number of nitrogens with zero attached hydrogens (tertiary/aromatic N) is 1. The van der Waals surface area contributed by atoms with E-state index in [1.54, 1.807) is 6.07 Å². The Hall–Kier alpha value is -1.97. The Labute approximate surface area is 97.9 Å². The first-order valence-electron chi connectivity index (χ1n) is 5.34. The highest BCUT2D eigenvalue weighted by Gasteiger charge is 2.07. The standard InChI is InChI=1S/C13H12FNO2/c1-8-7-9(5-6-12(16)17)15-13-10(8)3-2-4-11(13)14/h2-4,7H,5-6H2,1H3,(H,16,17). The minimum absolute atomic E-state index is 0.00635. The van der Waals surface area contributed by atoms with Gasteiger partial charge in [-0.15, -0.1) is 0 Å². The second-order valence-electron chi connectivity index (χ2n) is 3.96. The van der Waals surface area contributed by atoms with Crippen LogP contribution in [0.5, 0.6) is 0 Å². The molecule has 0 atom stereocenters. The zero-order chi connectivity index (χ0) is 12.4. The summed E-state index contributed by atoms with van der Waals surface area (Å²) >= 11 is 0. The first kappa shape index (κ1) is 11.5. The van der Waals surface area contributed by atoms with Gasteiger partial charge in [0.15, 0.2) is 0 Å². The van der Waals surface area contributed by atoms with Gasteiger partial charge < -0.3 is 5.11 Å². The second kappa shape index (κ2) is 4.49. The van der Waals surface area contributed by atoms with Crippen LogP contribution in [0.15, 0.2) is 24.3 Å². The number of carboxylic acids is 1. The summed E-state index contributed by atoms with van der Waals surface area (Å²) in [5.74, 6) is -1.25. The lowest BCUT2D eigenvalue weighted by Gasteiger charge is -2.06. The molecule has 0 aliphatic heterocycles. The maximum Gasteiger partial charge on any atom is 0.303 e. The van der Waals surface area contributed by atoms with Crippen molar-refractivity contribution in [2.75, 3.05) is 0 Å². The Morgan fingerprint density at radius 1 is 1.47 bits per heavy atom. The molecule has 1 heterocycles. The first-order valence-corrected chi connectivity index (χ1v) is 5.34. The average Bonchev–Trinajstić information content (AvgIpc) is 2.28. The molecule has 2 aromatic rings. The maximum absolute atomic E-state index is 13.6. The van der Waals surface area contributed by atoms with Gasteiger partial charge in [0.1, 0.15) is 11.3 Å². The number of para-hydroxylation sites is 1. The predicted molar refractivity (Wildman–Crippen MR) is 62.4 cm³/mol. The molecule has 0 fully saturated rings. The highest BCUT2D eigenvalue weighted by molar-refractivity contribution is 5.82. The summed E-state index contributed by atoms with van der Waals surface area (Å²) in [5, 5.41) is 9.38. The molecule has 3 nitrogen and oxygen atoms in total. The fourth-order valence-electron chi connectivity index (χ4n) is 1.81. The Kier molecular flexibility index (Phi) is 3.04. The Bertz CT molecular complexity index is 581. The van der Waals surface area contributed by atoms with Crippen LogP contribution < -0.4 is 0 Å². The highest BCUT2D eigenvalue weighted by atomic mass is 19.1. The summed E-state index contributed by atoms with van der Waals surface area (Å²) in [6, 6.07) is 6.62. The number of aliphatic carboxylic acids is 1. The van der Waals surface area contributed by atoms with Gasteiger partial charge in [-0.1, -0.05) is 12.1 Å². The molecule has 0 bridgehead atoms.